The number of nitrogens with one attached hydrogen (secondary N) is 1. The lowest BCUT2D eigenvalue weighted by molar-refractivity contribution is -0.126. The number of carbonyl (C=O) groups is 2. The summed E-state index contributed by atoms with van der Waals surface area (Å²) in [5.41, 5.74) is 3.44. The fourth-order valence-corrected chi connectivity index (χ4v) is 3.13. The quantitative estimate of drug-likeness (QED) is 0.888. The first kappa shape index (κ1) is 16.2. The van der Waals surface area contributed by atoms with Crippen LogP contribution < -0.4 is 10.2 Å². The van der Waals surface area contributed by atoms with Crippen molar-refractivity contribution in [2.45, 2.75) is 25.8 Å². The lowest BCUT2D eigenvalue weighted by atomic mass is 10.0. The molecule has 1 aliphatic heterocycles. The van der Waals surface area contributed by atoms with E-state index in [-0.39, 0.29) is 18.2 Å². The summed E-state index contributed by atoms with van der Waals surface area (Å²) < 4.78 is 0. The molecule has 0 saturated carbocycles. The van der Waals surface area contributed by atoms with Gasteiger partial charge >= 0.3 is 0 Å². The van der Waals surface area contributed by atoms with Crippen molar-refractivity contribution in [3.63, 3.8) is 0 Å². The van der Waals surface area contributed by atoms with Crippen LogP contribution in [0.15, 0.2) is 54.6 Å². The molecule has 4 heteroatoms. The van der Waals surface area contributed by atoms with Crippen molar-refractivity contribution in [1.82, 2.24) is 5.32 Å². The summed E-state index contributed by atoms with van der Waals surface area (Å²) >= 11 is 0. The smallest absolute Gasteiger partial charge is 0.240 e. The second-order valence-electron chi connectivity index (χ2n) is 6.22. The Kier molecular flexibility index (Phi) is 4.94. The molecule has 124 valence electrons. The van der Waals surface area contributed by atoms with Crippen LogP contribution in [0.3, 0.4) is 0 Å². The van der Waals surface area contributed by atoms with Crippen LogP contribution >= 0.6 is 0 Å². The Labute approximate surface area is 142 Å². The minimum Gasteiger partial charge on any atom is -0.362 e. The molecule has 0 aromatic heterocycles. The van der Waals surface area contributed by atoms with Crippen LogP contribution in [0.25, 0.3) is 0 Å². The molecular weight excluding hydrogens is 300 g/mol. The summed E-state index contributed by atoms with van der Waals surface area (Å²) in [6.07, 6.45) is 1.49. The highest BCUT2D eigenvalue weighted by molar-refractivity contribution is 5.89. The largest absolute Gasteiger partial charge is 0.362 e. The fraction of sp³-hybridized carbons (Fsp3) is 0.300. The van der Waals surface area contributed by atoms with Crippen LogP contribution in [0.1, 0.15) is 18.1 Å². The normalized spacial score (nSPS) is 14.1. The molecule has 1 amide bonds. The van der Waals surface area contributed by atoms with Crippen molar-refractivity contribution in [3.8, 4) is 0 Å². The summed E-state index contributed by atoms with van der Waals surface area (Å²) in [6, 6.07) is 17.4. The van der Waals surface area contributed by atoms with Gasteiger partial charge in [0.05, 0.1) is 12.6 Å². The van der Waals surface area contributed by atoms with E-state index < -0.39 is 6.04 Å². The number of ketones is 1. The molecule has 1 atom stereocenters. The topological polar surface area (TPSA) is 49.4 Å². The van der Waals surface area contributed by atoms with Crippen LogP contribution in [0.2, 0.25) is 0 Å². The molecule has 2 aromatic rings. The molecule has 1 aliphatic rings. The second-order valence-corrected chi connectivity index (χ2v) is 6.22. The van der Waals surface area contributed by atoms with Crippen molar-refractivity contribution in [3.05, 3.63) is 65.7 Å². The Balaban J connectivity index is 1.61. The predicted molar refractivity (Wildman–Crippen MR) is 95.1 cm³/mol. The molecule has 2 aromatic carbocycles. The molecule has 1 heterocycles. The van der Waals surface area contributed by atoms with E-state index in [0.29, 0.717) is 6.42 Å². The van der Waals surface area contributed by atoms with E-state index in [2.05, 4.69) is 16.3 Å². The van der Waals surface area contributed by atoms with E-state index in [9.17, 15) is 9.59 Å². The maximum Gasteiger partial charge on any atom is 0.240 e. The van der Waals surface area contributed by atoms with Crippen LogP contribution in [-0.4, -0.2) is 30.8 Å². The average molecular weight is 322 g/mol. The van der Waals surface area contributed by atoms with Crippen LogP contribution in [-0.2, 0) is 22.4 Å². The van der Waals surface area contributed by atoms with Gasteiger partial charge in [0, 0.05) is 12.2 Å². The molecule has 0 unspecified atom stereocenters. The zero-order chi connectivity index (χ0) is 16.9. The predicted octanol–water partition coefficient (Wildman–Crippen LogP) is 2.37. The number of fused-ring (bicyclic) bond motifs is 1. The maximum absolute atomic E-state index is 12.4. The van der Waals surface area contributed by atoms with Crippen molar-refractivity contribution in [2.75, 3.05) is 18.0 Å². The SMILES string of the molecule is CC(=O)[C@H](Cc1ccccc1)NC(=O)CN1CCc2ccccc21. The third kappa shape index (κ3) is 3.82. The van der Waals surface area contributed by atoms with Gasteiger partial charge in [-0.2, -0.15) is 0 Å². The minimum absolute atomic E-state index is 0.0194. The van der Waals surface area contributed by atoms with E-state index in [1.807, 2.05) is 48.5 Å². The molecule has 1 N–H and O–H groups in total. The lowest BCUT2D eigenvalue weighted by Gasteiger charge is -2.21. The van der Waals surface area contributed by atoms with Gasteiger partial charge in [-0.05, 0) is 37.0 Å². The van der Waals surface area contributed by atoms with Gasteiger partial charge in [0.2, 0.25) is 5.91 Å². The van der Waals surface area contributed by atoms with Crippen molar-refractivity contribution in [2.24, 2.45) is 0 Å². The molecular formula is C20H22N2O2. The standard InChI is InChI=1S/C20H22N2O2/c1-15(23)18(13-16-7-3-2-4-8-16)21-20(24)14-22-12-11-17-9-5-6-10-19(17)22/h2-10,18H,11-14H2,1H3,(H,21,24)/t18-/m0/s1. The number of carbonyl (C=O) groups excluding carboxylic acids is 2. The van der Waals surface area contributed by atoms with Gasteiger partial charge in [0.25, 0.3) is 0 Å². The molecule has 0 saturated heterocycles. The summed E-state index contributed by atoms with van der Waals surface area (Å²) in [6.45, 7) is 2.66. The van der Waals surface area contributed by atoms with Crippen molar-refractivity contribution in [1.29, 1.82) is 0 Å². The highest BCUT2D eigenvalue weighted by Crippen LogP contribution is 2.26. The number of hydrogen-bond donors (Lipinski definition) is 1. The number of para-hydroxylation sites is 1. The highest BCUT2D eigenvalue weighted by atomic mass is 16.2. The summed E-state index contributed by atoms with van der Waals surface area (Å²) in [4.78, 5) is 26.4. The summed E-state index contributed by atoms with van der Waals surface area (Å²) in [5, 5.41) is 2.89. The Morgan fingerprint density at radius 2 is 1.79 bits per heavy atom. The fourth-order valence-electron chi connectivity index (χ4n) is 3.13. The van der Waals surface area contributed by atoms with Gasteiger partial charge < -0.3 is 10.2 Å². The number of nitrogens with zero attached hydrogens (tertiary/aromatic N) is 1. The van der Waals surface area contributed by atoms with Gasteiger partial charge in [-0.15, -0.1) is 0 Å². The Hall–Kier alpha value is -2.62. The van der Waals surface area contributed by atoms with Crippen LogP contribution in [0.4, 0.5) is 5.69 Å². The summed E-state index contributed by atoms with van der Waals surface area (Å²) in [5.74, 6) is -0.128. The van der Waals surface area contributed by atoms with Crippen molar-refractivity contribution < 1.29 is 9.59 Å². The molecule has 0 radical (unpaired) electrons. The number of amides is 1. The third-order valence-corrected chi connectivity index (χ3v) is 4.43. The molecule has 3 rings (SSSR count). The van der Waals surface area contributed by atoms with Gasteiger partial charge in [-0.25, -0.2) is 0 Å². The maximum atomic E-state index is 12.4. The second kappa shape index (κ2) is 7.30. The molecule has 24 heavy (non-hydrogen) atoms. The Morgan fingerprint density at radius 3 is 2.54 bits per heavy atom. The minimum atomic E-state index is -0.474. The zero-order valence-electron chi connectivity index (χ0n) is 13.9. The first-order valence-corrected chi connectivity index (χ1v) is 8.30. The monoisotopic (exact) mass is 322 g/mol. The van der Waals surface area contributed by atoms with Gasteiger partial charge in [-0.3, -0.25) is 9.59 Å². The number of Topliss-reactive ketones (excluding diaryl/α,β-unsaturated/α-hetero) is 1. The summed E-state index contributed by atoms with van der Waals surface area (Å²) in [7, 11) is 0. The van der Waals surface area contributed by atoms with Gasteiger partial charge in [-0.1, -0.05) is 48.5 Å². The Bertz CT molecular complexity index is 727. The first-order chi connectivity index (χ1) is 11.6. The van der Waals surface area contributed by atoms with E-state index >= 15 is 0 Å². The molecule has 0 spiro atoms. The average Bonchev–Trinajstić information content (AvgIpc) is 2.98. The molecule has 0 bridgehead atoms. The number of anilines is 1. The van der Waals surface area contributed by atoms with E-state index in [0.717, 1.165) is 24.2 Å². The van der Waals surface area contributed by atoms with E-state index in [1.54, 1.807) is 0 Å². The Morgan fingerprint density at radius 1 is 1.08 bits per heavy atom. The van der Waals surface area contributed by atoms with Gasteiger partial charge in [0.15, 0.2) is 5.78 Å². The molecule has 4 nitrogen and oxygen atoms in total. The highest BCUT2D eigenvalue weighted by Gasteiger charge is 2.23. The zero-order valence-corrected chi connectivity index (χ0v) is 13.9. The number of rotatable bonds is 6. The molecule has 0 aliphatic carbocycles. The third-order valence-electron chi connectivity index (χ3n) is 4.43. The number of benzene rings is 2. The van der Waals surface area contributed by atoms with Crippen LogP contribution in [0.5, 0.6) is 0 Å². The lowest BCUT2D eigenvalue weighted by Crippen LogP contribution is -2.45. The van der Waals surface area contributed by atoms with Crippen molar-refractivity contribution >= 4 is 17.4 Å². The number of hydrogen-bond acceptors (Lipinski definition) is 3. The van der Waals surface area contributed by atoms with Gasteiger partial charge in [0.1, 0.15) is 0 Å². The van der Waals surface area contributed by atoms with E-state index in [1.165, 1.54) is 12.5 Å². The van der Waals surface area contributed by atoms with E-state index in [4.69, 9.17) is 0 Å². The van der Waals surface area contributed by atoms with Crippen LogP contribution in [0, 0.1) is 0 Å². The molecule has 0 fully saturated rings. The first-order valence-electron chi connectivity index (χ1n) is 8.30.